The van der Waals surface area contributed by atoms with Gasteiger partial charge in [-0.05, 0) is 41.5 Å². The van der Waals surface area contributed by atoms with E-state index in [9.17, 15) is 9.59 Å². The third-order valence-corrected chi connectivity index (χ3v) is 3.94. The van der Waals surface area contributed by atoms with E-state index >= 15 is 0 Å². The molecular weight excluding hydrogens is 364 g/mol. The van der Waals surface area contributed by atoms with E-state index in [4.69, 9.17) is 11.6 Å². The van der Waals surface area contributed by atoms with Crippen molar-refractivity contribution in [2.75, 3.05) is 10.6 Å². The zero-order valence-corrected chi connectivity index (χ0v) is 15.1. The lowest BCUT2D eigenvalue weighted by atomic mass is 10.2. The van der Waals surface area contributed by atoms with Crippen LogP contribution in [0.25, 0.3) is 6.08 Å². The molecule has 0 aliphatic rings. The second-order valence-electron chi connectivity index (χ2n) is 5.77. The molecule has 3 aromatic rings. The van der Waals surface area contributed by atoms with Gasteiger partial charge in [0.2, 0.25) is 12.3 Å². The minimum absolute atomic E-state index is 0.280. The monoisotopic (exact) mass is 380 g/mol. The number of carbonyl (C=O) groups is 2. The number of nitrogens with one attached hydrogen (secondary N) is 2. The molecule has 0 aliphatic carbocycles. The van der Waals surface area contributed by atoms with Gasteiger partial charge in [-0.3, -0.25) is 9.59 Å². The zero-order valence-electron chi connectivity index (χ0n) is 14.3. The van der Waals surface area contributed by atoms with Crippen LogP contribution in [0.4, 0.5) is 11.5 Å². The van der Waals surface area contributed by atoms with E-state index in [0.717, 1.165) is 11.1 Å². The number of amides is 2. The molecule has 2 amide bonds. The Balaban J connectivity index is 1.56. The smallest absolute Gasteiger partial charge is 0.249 e. The Morgan fingerprint density at radius 1 is 1.19 bits per heavy atom. The maximum atomic E-state index is 12.0. The molecule has 0 spiro atoms. The van der Waals surface area contributed by atoms with Gasteiger partial charge in [0.1, 0.15) is 0 Å². The van der Waals surface area contributed by atoms with Gasteiger partial charge in [0, 0.05) is 29.5 Å². The van der Waals surface area contributed by atoms with E-state index in [1.807, 2.05) is 28.8 Å². The van der Waals surface area contributed by atoms with Crippen LogP contribution in [0, 0.1) is 0 Å². The fraction of sp³-hybridized carbons (Fsp3) is 0.0500. The standard InChI is InChI=1S/C20H17ClN4O2/c21-17-3-1-2-16(10-17)11-25-12-19(22-13-25)24-20(27)9-6-15-4-7-18(8-5-15)23-14-26/h1-10,12-14H,11H2,(H,23,26)(H,24,27)/b9-6+. The maximum Gasteiger partial charge on any atom is 0.249 e. The first kappa shape index (κ1) is 18.4. The van der Waals surface area contributed by atoms with E-state index in [0.29, 0.717) is 29.5 Å². The molecule has 2 N–H and O–H groups in total. The van der Waals surface area contributed by atoms with Crippen LogP contribution in [0.15, 0.2) is 67.1 Å². The third kappa shape index (κ3) is 5.55. The Morgan fingerprint density at radius 2 is 2.00 bits per heavy atom. The Labute approximate surface area is 161 Å². The van der Waals surface area contributed by atoms with Gasteiger partial charge in [-0.2, -0.15) is 0 Å². The van der Waals surface area contributed by atoms with E-state index in [-0.39, 0.29) is 5.91 Å². The number of hydrogen-bond donors (Lipinski definition) is 2. The van der Waals surface area contributed by atoms with Gasteiger partial charge in [0.05, 0.1) is 6.33 Å². The summed E-state index contributed by atoms with van der Waals surface area (Å²) >= 11 is 5.99. The van der Waals surface area contributed by atoms with Crippen molar-refractivity contribution in [1.82, 2.24) is 9.55 Å². The van der Waals surface area contributed by atoms with E-state index < -0.39 is 0 Å². The van der Waals surface area contributed by atoms with Gasteiger partial charge in [-0.1, -0.05) is 35.9 Å². The highest BCUT2D eigenvalue weighted by Crippen LogP contribution is 2.13. The van der Waals surface area contributed by atoms with Crippen molar-refractivity contribution in [3.05, 3.63) is 83.3 Å². The number of nitrogens with zero attached hydrogens (tertiary/aromatic N) is 2. The molecule has 0 radical (unpaired) electrons. The normalized spacial score (nSPS) is 10.7. The number of imidazole rings is 1. The lowest BCUT2D eigenvalue weighted by Gasteiger charge is -2.02. The molecule has 0 unspecified atom stereocenters. The Hall–Kier alpha value is -3.38. The molecule has 0 atom stereocenters. The Kier molecular flexibility index (Phi) is 6.02. The van der Waals surface area contributed by atoms with Gasteiger partial charge < -0.3 is 15.2 Å². The summed E-state index contributed by atoms with van der Waals surface area (Å²) in [6.07, 6.45) is 7.14. The zero-order chi connectivity index (χ0) is 19.1. The summed E-state index contributed by atoms with van der Waals surface area (Å²) < 4.78 is 1.86. The summed E-state index contributed by atoms with van der Waals surface area (Å²) in [6.45, 7) is 0.612. The lowest BCUT2D eigenvalue weighted by molar-refractivity contribution is -0.112. The van der Waals surface area contributed by atoms with Gasteiger partial charge in [-0.25, -0.2) is 4.98 Å². The fourth-order valence-electron chi connectivity index (χ4n) is 2.46. The minimum atomic E-state index is -0.280. The first-order chi connectivity index (χ1) is 13.1. The fourth-order valence-corrected chi connectivity index (χ4v) is 2.67. The highest BCUT2D eigenvalue weighted by Gasteiger charge is 2.03. The molecule has 1 aromatic heterocycles. The van der Waals surface area contributed by atoms with Crippen LogP contribution in [-0.4, -0.2) is 21.9 Å². The lowest BCUT2D eigenvalue weighted by Crippen LogP contribution is -2.08. The first-order valence-electron chi connectivity index (χ1n) is 8.18. The second-order valence-corrected chi connectivity index (χ2v) is 6.20. The number of rotatable bonds is 7. The summed E-state index contributed by atoms with van der Waals surface area (Å²) in [5.74, 6) is 0.190. The molecule has 7 heteroatoms. The SMILES string of the molecule is O=CNc1ccc(/C=C/C(=O)Nc2cn(Cc3cccc(Cl)c3)cn2)cc1. The number of benzene rings is 2. The second kappa shape index (κ2) is 8.82. The van der Waals surface area contributed by atoms with Crippen LogP contribution in [0.1, 0.15) is 11.1 Å². The van der Waals surface area contributed by atoms with Crippen molar-refractivity contribution in [1.29, 1.82) is 0 Å². The van der Waals surface area contributed by atoms with Gasteiger partial charge in [-0.15, -0.1) is 0 Å². The number of hydrogen-bond acceptors (Lipinski definition) is 3. The van der Waals surface area contributed by atoms with Crippen molar-refractivity contribution >= 4 is 41.5 Å². The molecule has 0 fully saturated rings. The largest absolute Gasteiger partial charge is 0.331 e. The van der Waals surface area contributed by atoms with Crippen molar-refractivity contribution in [2.45, 2.75) is 6.54 Å². The summed E-state index contributed by atoms with van der Waals surface area (Å²) in [4.78, 5) is 26.6. The van der Waals surface area contributed by atoms with E-state index in [2.05, 4.69) is 15.6 Å². The molecule has 136 valence electrons. The summed E-state index contributed by atoms with van der Waals surface area (Å²) in [6, 6.07) is 14.7. The molecule has 2 aromatic carbocycles. The minimum Gasteiger partial charge on any atom is -0.331 e. The number of aromatic nitrogens is 2. The quantitative estimate of drug-likeness (QED) is 0.483. The van der Waals surface area contributed by atoms with Crippen LogP contribution < -0.4 is 10.6 Å². The summed E-state index contributed by atoms with van der Waals surface area (Å²) in [5, 5.41) is 5.95. The van der Waals surface area contributed by atoms with Crippen LogP contribution in [-0.2, 0) is 16.1 Å². The third-order valence-electron chi connectivity index (χ3n) is 3.70. The van der Waals surface area contributed by atoms with E-state index in [1.54, 1.807) is 42.9 Å². The van der Waals surface area contributed by atoms with Crippen molar-refractivity contribution in [3.8, 4) is 0 Å². The molecule has 0 bridgehead atoms. The number of anilines is 2. The molecule has 1 heterocycles. The van der Waals surface area contributed by atoms with Crippen LogP contribution in [0.2, 0.25) is 5.02 Å². The Bertz CT molecular complexity index is 964. The highest BCUT2D eigenvalue weighted by molar-refractivity contribution is 6.30. The Morgan fingerprint density at radius 3 is 2.74 bits per heavy atom. The van der Waals surface area contributed by atoms with Gasteiger partial charge in [0.25, 0.3) is 0 Å². The molecule has 0 aliphatic heterocycles. The average molecular weight is 381 g/mol. The van der Waals surface area contributed by atoms with Crippen LogP contribution in [0.3, 0.4) is 0 Å². The molecule has 27 heavy (non-hydrogen) atoms. The predicted octanol–water partition coefficient (Wildman–Crippen LogP) is 3.81. The molecule has 6 nitrogen and oxygen atoms in total. The van der Waals surface area contributed by atoms with Crippen molar-refractivity contribution in [3.63, 3.8) is 0 Å². The first-order valence-corrected chi connectivity index (χ1v) is 8.56. The van der Waals surface area contributed by atoms with Crippen LogP contribution >= 0.6 is 11.6 Å². The van der Waals surface area contributed by atoms with Crippen LogP contribution in [0.5, 0.6) is 0 Å². The molecular formula is C20H17ClN4O2. The summed E-state index contributed by atoms with van der Waals surface area (Å²) in [7, 11) is 0. The highest BCUT2D eigenvalue weighted by atomic mass is 35.5. The molecule has 3 rings (SSSR count). The van der Waals surface area contributed by atoms with Crippen molar-refractivity contribution < 1.29 is 9.59 Å². The summed E-state index contributed by atoms with van der Waals surface area (Å²) in [5.41, 5.74) is 2.58. The topological polar surface area (TPSA) is 76.0 Å². The number of carbonyl (C=O) groups excluding carboxylic acids is 2. The molecule has 0 saturated heterocycles. The van der Waals surface area contributed by atoms with Crippen molar-refractivity contribution in [2.24, 2.45) is 0 Å². The maximum absolute atomic E-state index is 12.0. The number of halogens is 1. The van der Waals surface area contributed by atoms with Gasteiger partial charge >= 0.3 is 0 Å². The van der Waals surface area contributed by atoms with E-state index in [1.165, 1.54) is 6.08 Å². The van der Waals surface area contributed by atoms with Gasteiger partial charge in [0.15, 0.2) is 5.82 Å². The predicted molar refractivity (Wildman–Crippen MR) is 107 cm³/mol. The molecule has 0 saturated carbocycles. The average Bonchev–Trinajstić information content (AvgIpc) is 3.08.